The third-order valence-corrected chi connectivity index (χ3v) is 4.11. The van der Waals surface area contributed by atoms with Crippen LogP contribution in [-0.4, -0.2) is 80.0 Å². The van der Waals surface area contributed by atoms with E-state index < -0.39 is 6.04 Å². The van der Waals surface area contributed by atoms with E-state index in [4.69, 9.17) is 5.73 Å². The van der Waals surface area contributed by atoms with Crippen LogP contribution in [0.15, 0.2) is 0 Å². The van der Waals surface area contributed by atoms with Crippen molar-refractivity contribution in [2.45, 2.75) is 26.8 Å². The highest BCUT2D eigenvalue weighted by Gasteiger charge is 2.18. The van der Waals surface area contributed by atoms with E-state index in [9.17, 15) is 9.59 Å². The maximum atomic E-state index is 11.7. The van der Waals surface area contributed by atoms with Crippen LogP contribution in [0.2, 0.25) is 0 Å². The Bertz CT molecular complexity index is 367. The molecule has 0 aromatic heterocycles. The Balaban J connectivity index is -0.00000161. The normalized spacial score (nSPS) is 16.0. The quantitative estimate of drug-likeness (QED) is 0.516. The van der Waals surface area contributed by atoms with E-state index in [0.29, 0.717) is 6.54 Å². The minimum absolute atomic E-state index is 0. The molecule has 1 atom stereocenters. The molecule has 0 aliphatic carbocycles. The van der Waals surface area contributed by atoms with Crippen molar-refractivity contribution < 1.29 is 9.59 Å². The molecule has 0 aromatic rings. The molecule has 0 radical (unpaired) electrons. The molecule has 1 rings (SSSR count). The SMILES string of the molecule is CCN1CCN(CCNC(=O)CNC(=O)[C@@H](N)C(C)C)CC1.Cl.Cl.Cl. The van der Waals surface area contributed by atoms with E-state index in [1.165, 1.54) is 0 Å². The summed E-state index contributed by atoms with van der Waals surface area (Å²) in [5.74, 6) is -0.387. The summed E-state index contributed by atoms with van der Waals surface area (Å²) < 4.78 is 0. The minimum Gasteiger partial charge on any atom is -0.353 e. The summed E-state index contributed by atoms with van der Waals surface area (Å²) in [5, 5.41) is 5.40. The number of carbonyl (C=O) groups excluding carboxylic acids is 2. The van der Waals surface area contributed by atoms with Gasteiger partial charge in [0.05, 0.1) is 12.6 Å². The fourth-order valence-corrected chi connectivity index (χ4v) is 2.33. The number of nitrogens with one attached hydrogen (secondary N) is 2. The van der Waals surface area contributed by atoms with E-state index >= 15 is 0 Å². The van der Waals surface area contributed by atoms with Gasteiger partial charge in [0.25, 0.3) is 0 Å². The molecule has 0 spiro atoms. The van der Waals surface area contributed by atoms with Gasteiger partial charge >= 0.3 is 0 Å². The van der Waals surface area contributed by atoms with Gasteiger partial charge in [0.1, 0.15) is 0 Å². The summed E-state index contributed by atoms with van der Waals surface area (Å²) >= 11 is 0. The Labute approximate surface area is 170 Å². The maximum Gasteiger partial charge on any atom is 0.239 e. The number of halogens is 3. The second-order valence-corrected chi connectivity index (χ2v) is 6.11. The van der Waals surface area contributed by atoms with E-state index in [1.807, 2.05) is 13.8 Å². The molecule has 1 saturated heterocycles. The molecular weight excluding hydrogens is 389 g/mol. The highest BCUT2D eigenvalue weighted by atomic mass is 35.5. The van der Waals surface area contributed by atoms with Gasteiger partial charge in [0.15, 0.2) is 0 Å². The van der Waals surface area contributed by atoms with Crippen LogP contribution in [-0.2, 0) is 9.59 Å². The average molecular weight is 423 g/mol. The van der Waals surface area contributed by atoms with Crippen molar-refractivity contribution >= 4 is 49.0 Å². The topological polar surface area (TPSA) is 90.7 Å². The molecule has 0 aromatic carbocycles. The molecule has 1 fully saturated rings. The molecule has 0 bridgehead atoms. The zero-order valence-electron chi connectivity index (χ0n) is 15.3. The molecule has 1 aliphatic heterocycles. The first-order valence-corrected chi connectivity index (χ1v) is 8.18. The standard InChI is InChI=1S/C15H31N5O2.3ClH/c1-4-19-7-9-20(10-8-19)6-5-17-13(21)11-18-15(22)14(16)12(2)3;;;/h12,14H,4-11,16H2,1-3H3,(H,17,21)(H,18,22);3*1H/t14-;;;/m0.../s1. The van der Waals surface area contributed by atoms with E-state index in [-0.39, 0.29) is 61.5 Å². The summed E-state index contributed by atoms with van der Waals surface area (Å²) in [6.07, 6.45) is 0. The number of nitrogens with two attached hydrogens (primary N) is 1. The van der Waals surface area contributed by atoms with Gasteiger partial charge in [-0.25, -0.2) is 0 Å². The van der Waals surface area contributed by atoms with Gasteiger partial charge < -0.3 is 21.3 Å². The lowest BCUT2D eigenvalue weighted by Gasteiger charge is -2.33. The highest BCUT2D eigenvalue weighted by molar-refractivity contribution is 5.87. The molecule has 10 heteroatoms. The lowest BCUT2D eigenvalue weighted by Crippen LogP contribution is -2.49. The van der Waals surface area contributed by atoms with Gasteiger partial charge in [-0.2, -0.15) is 0 Å². The summed E-state index contributed by atoms with van der Waals surface area (Å²) in [6, 6.07) is -0.567. The van der Waals surface area contributed by atoms with Crippen LogP contribution in [0.1, 0.15) is 20.8 Å². The van der Waals surface area contributed by atoms with Crippen LogP contribution >= 0.6 is 37.2 Å². The summed E-state index contributed by atoms with van der Waals surface area (Å²) in [5.41, 5.74) is 5.71. The molecule has 1 heterocycles. The Hall–Kier alpha value is -0.310. The number of hydrogen-bond donors (Lipinski definition) is 3. The van der Waals surface area contributed by atoms with Crippen LogP contribution in [0, 0.1) is 5.92 Å². The molecule has 7 nitrogen and oxygen atoms in total. The zero-order valence-corrected chi connectivity index (χ0v) is 17.8. The molecule has 4 N–H and O–H groups in total. The number of likely N-dealkylation sites (N-methyl/N-ethyl adjacent to an activating group) is 1. The Morgan fingerprint density at radius 1 is 1.00 bits per heavy atom. The largest absolute Gasteiger partial charge is 0.353 e. The van der Waals surface area contributed by atoms with E-state index in [0.717, 1.165) is 39.3 Å². The van der Waals surface area contributed by atoms with Gasteiger partial charge in [-0.3, -0.25) is 14.5 Å². The van der Waals surface area contributed by atoms with E-state index in [2.05, 4.69) is 27.4 Å². The van der Waals surface area contributed by atoms with Crippen LogP contribution in [0.5, 0.6) is 0 Å². The number of hydrogen-bond acceptors (Lipinski definition) is 5. The van der Waals surface area contributed by atoms with Crippen molar-refractivity contribution in [3.63, 3.8) is 0 Å². The van der Waals surface area contributed by atoms with Crippen molar-refractivity contribution in [3.8, 4) is 0 Å². The first-order chi connectivity index (χ1) is 10.4. The van der Waals surface area contributed by atoms with Crippen molar-refractivity contribution in [2.75, 3.05) is 52.4 Å². The number of amides is 2. The summed E-state index contributed by atoms with van der Waals surface area (Å²) in [7, 11) is 0. The third kappa shape index (κ3) is 11.8. The molecule has 25 heavy (non-hydrogen) atoms. The van der Waals surface area contributed by atoms with Crippen LogP contribution in [0.25, 0.3) is 0 Å². The number of carbonyl (C=O) groups is 2. The highest BCUT2D eigenvalue weighted by Crippen LogP contribution is 2.00. The lowest BCUT2D eigenvalue weighted by molar-refractivity contribution is -0.127. The van der Waals surface area contributed by atoms with Gasteiger partial charge in [-0.1, -0.05) is 20.8 Å². The zero-order chi connectivity index (χ0) is 16.5. The van der Waals surface area contributed by atoms with Crippen LogP contribution in [0.4, 0.5) is 0 Å². The third-order valence-electron chi connectivity index (χ3n) is 4.11. The number of nitrogens with zero attached hydrogens (tertiary/aromatic N) is 2. The van der Waals surface area contributed by atoms with Crippen molar-refractivity contribution in [3.05, 3.63) is 0 Å². The van der Waals surface area contributed by atoms with Crippen LogP contribution < -0.4 is 16.4 Å². The van der Waals surface area contributed by atoms with Crippen molar-refractivity contribution in [1.29, 1.82) is 0 Å². The monoisotopic (exact) mass is 421 g/mol. The first-order valence-electron chi connectivity index (χ1n) is 8.18. The van der Waals surface area contributed by atoms with Gasteiger partial charge in [-0.05, 0) is 12.5 Å². The molecular formula is C15H34Cl3N5O2. The molecule has 152 valence electrons. The van der Waals surface area contributed by atoms with Gasteiger partial charge in [0, 0.05) is 39.3 Å². The average Bonchev–Trinajstić information content (AvgIpc) is 2.52. The predicted octanol–water partition coefficient (Wildman–Crippen LogP) is 0.105. The minimum atomic E-state index is -0.567. The molecule has 0 unspecified atom stereocenters. The van der Waals surface area contributed by atoms with E-state index in [1.54, 1.807) is 0 Å². The Morgan fingerprint density at radius 3 is 2.00 bits per heavy atom. The number of piperazine rings is 1. The predicted molar refractivity (Wildman–Crippen MR) is 109 cm³/mol. The second kappa shape index (κ2) is 15.9. The lowest BCUT2D eigenvalue weighted by atomic mass is 10.1. The van der Waals surface area contributed by atoms with Crippen molar-refractivity contribution in [2.24, 2.45) is 11.7 Å². The van der Waals surface area contributed by atoms with Crippen molar-refractivity contribution in [1.82, 2.24) is 20.4 Å². The molecule has 1 aliphatic rings. The maximum absolute atomic E-state index is 11.7. The molecule has 2 amide bonds. The van der Waals surface area contributed by atoms with Gasteiger partial charge in [-0.15, -0.1) is 37.2 Å². The fraction of sp³-hybridized carbons (Fsp3) is 0.867. The Kier molecular flexibility index (Phi) is 18.7. The smallest absolute Gasteiger partial charge is 0.239 e. The van der Waals surface area contributed by atoms with Crippen LogP contribution in [0.3, 0.4) is 0 Å². The number of rotatable bonds is 8. The summed E-state index contributed by atoms with van der Waals surface area (Å²) in [4.78, 5) is 28.1. The first kappa shape index (κ1) is 29.5. The Morgan fingerprint density at radius 2 is 1.52 bits per heavy atom. The van der Waals surface area contributed by atoms with Gasteiger partial charge in [0.2, 0.25) is 11.8 Å². The molecule has 0 saturated carbocycles. The fourth-order valence-electron chi connectivity index (χ4n) is 2.33. The second-order valence-electron chi connectivity index (χ2n) is 6.11. The summed E-state index contributed by atoms with van der Waals surface area (Å²) in [6.45, 7) is 12.8.